The highest BCUT2D eigenvalue weighted by Crippen LogP contribution is 2.24. The van der Waals surface area contributed by atoms with Crippen molar-refractivity contribution in [3.05, 3.63) is 0 Å². The second kappa shape index (κ2) is 3.60. The van der Waals surface area contributed by atoms with Crippen molar-refractivity contribution in [1.82, 2.24) is 4.90 Å². The molecule has 2 N–H and O–H groups in total. The maximum Gasteiger partial charge on any atom is 0.0708 e. The van der Waals surface area contributed by atoms with E-state index in [1.807, 2.05) is 11.8 Å². The molecule has 0 aromatic heterocycles. The summed E-state index contributed by atoms with van der Waals surface area (Å²) >= 11 is 1.98. The molecule has 1 rings (SSSR count). The molecule has 0 bridgehead atoms. The van der Waals surface area contributed by atoms with Crippen LogP contribution in [-0.2, 0) is 0 Å². The molecule has 1 aliphatic heterocycles. The number of nitrogens with two attached hydrogens (primary N) is 1. The predicted molar refractivity (Wildman–Crippen MR) is 47.1 cm³/mol. The van der Waals surface area contributed by atoms with E-state index < -0.39 is 0 Å². The molecule has 2 atom stereocenters. The van der Waals surface area contributed by atoms with Crippen LogP contribution in [0.2, 0.25) is 0 Å². The first kappa shape index (κ1) is 8.37. The van der Waals surface area contributed by atoms with E-state index in [1.165, 1.54) is 12.3 Å². The summed E-state index contributed by atoms with van der Waals surface area (Å²) in [6.07, 6.45) is 1.09. The van der Waals surface area contributed by atoms with E-state index in [-0.39, 0.29) is 0 Å². The van der Waals surface area contributed by atoms with Crippen molar-refractivity contribution in [1.29, 1.82) is 0 Å². The molecule has 2 nitrogen and oxygen atoms in total. The number of rotatable bonds is 2. The molecule has 0 aromatic carbocycles. The molecule has 2 unspecified atom stereocenters. The number of hydrogen-bond donors (Lipinski definition) is 1. The maximum absolute atomic E-state index is 5.91. The van der Waals surface area contributed by atoms with Gasteiger partial charge in [-0.15, -0.1) is 11.8 Å². The lowest BCUT2D eigenvalue weighted by molar-refractivity contribution is 0.313. The van der Waals surface area contributed by atoms with Crippen LogP contribution in [-0.4, -0.2) is 35.7 Å². The van der Waals surface area contributed by atoms with Gasteiger partial charge in [-0.2, -0.15) is 0 Å². The van der Waals surface area contributed by atoms with Gasteiger partial charge in [-0.05, 0) is 13.5 Å². The third kappa shape index (κ3) is 1.65. The summed E-state index contributed by atoms with van der Waals surface area (Å²) in [5, 5.41) is 0.574. The summed E-state index contributed by atoms with van der Waals surface area (Å²) in [5.41, 5.74) is 5.91. The molecule has 1 fully saturated rings. The van der Waals surface area contributed by atoms with Gasteiger partial charge < -0.3 is 5.73 Å². The van der Waals surface area contributed by atoms with Crippen molar-refractivity contribution in [2.75, 3.05) is 19.3 Å². The van der Waals surface area contributed by atoms with Crippen molar-refractivity contribution in [3.8, 4) is 0 Å². The van der Waals surface area contributed by atoms with Crippen LogP contribution < -0.4 is 5.73 Å². The summed E-state index contributed by atoms with van der Waals surface area (Å²) < 4.78 is 0. The zero-order valence-electron chi connectivity index (χ0n) is 6.71. The Labute approximate surface area is 67.1 Å². The summed E-state index contributed by atoms with van der Waals surface area (Å²) in [6, 6.07) is 0.359. The van der Waals surface area contributed by atoms with Gasteiger partial charge in [-0.3, -0.25) is 4.90 Å². The molecule has 0 saturated carbocycles. The Kier molecular flexibility index (Phi) is 3.01. The molecule has 0 radical (unpaired) electrons. The Morgan fingerprint density at radius 1 is 1.80 bits per heavy atom. The molecule has 3 heteroatoms. The summed E-state index contributed by atoms with van der Waals surface area (Å²) in [5.74, 6) is 1.24. The third-order valence-corrected chi connectivity index (χ3v) is 3.47. The van der Waals surface area contributed by atoms with Crippen LogP contribution in [0.25, 0.3) is 0 Å². The van der Waals surface area contributed by atoms with Gasteiger partial charge in [0.15, 0.2) is 0 Å². The van der Waals surface area contributed by atoms with Gasteiger partial charge >= 0.3 is 0 Å². The monoisotopic (exact) mass is 160 g/mol. The fraction of sp³-hybridized carbons (Fsp3) is 1.00. The molecule has 10 heavy (non-hydrogen) atoms. The van der Waals surface area contributed by atoms with Crippen LogP contribution in [0.5, 0.6) is 0 Å². The molecule has 0 aromatic rings. The minimum atomic E-state index is 0.359. The molecular weight excluding hydrogens is 144 g/mol. The van der Waals surface area contributed by atoms with E-state index in [4.69, 9.17) is 5.73 Å². The molecule has 1 aliphatic rings. The van der Waals surface area contributed by atoms with Crippen molar-refractivity contribution in [2.45, 2.75) is 24.8 Å². The Hall–Kier alpha value is 0.270. The van der Waals surface area contributed by atoms with Crippen LogP contribution in [0, 0.1) is 0 Å². The molecule has 0 aliphatic carbocycles. The van der Waals surface area contributed by atoms with Crippen molar-refractivity contribution >= 4 is 11.8 Å². The van der Waals surface area contributed by atoms with Crippen molar-refractivity contribution in [3.63, 3.8) is 0 Å². The average Bonchev–Trinajstić information content (AvgIpc) is 2.34. The van der Waals surface area contributed by atoms with E-state index in [0.717, 1.165) is 6.42 Å². The quantitative estimate of drug-likeness (QED) is 0.645. The highest BCUT2D eigenvalue weighted by Gasteiger charge is 2.25. The van der Waals surface area contributed by atoms with Crippen LogP contribution in [0.15, 0.2) is 0 Å². The highest BCUT2D eigenvalue weighted by molar-refractivity contribution is 8.00. The molecular formula is C7H16N2S. The first-order valence-corrected chi connectivity index (χ1v) is 4.88. The Morgan fingerprint density at radius 3 is 2.90 bits per heavy atom. The van der Waals surface area contributed by atoms with Gasteiger partial charge in [0.1, 0.15) is 0 Å². The third-order valence-electron chi connectivity index (χ3n) is 2.00. The summed E-state index contributed by atoms with van der Waals surface area (Å²) in [4.78, 5) is 2.35. The Bertz CT molecular complexity index is 108. The van der Waals surface area contributed by atoms with Gasteiger partial charge in [0, 0.05) is 18.3 Å². The minimum absolute atomic E-state index is 0.359. The van der Waals surface area contributed by atoms with Gasteiger partial charge in [0.25, 0.3) is 0 Å². The van der Waals surface area contributed by atoms with Gasteiger partial charge in [0.05, 0.1) is 5.37 Å². The Morgan fingerprint density at radius 2 is 2.50 bits per heavy atom. The number of hydrogen-bond acceptors (Lipinski definition) is 3. The minimum Gasteiger partial charge on any atom is -0.326 e. The lowest BCUT2D eigenvalue weighted by Gasteiger charge is -2.23. The summed E-state index contributed by atoms with van der Waals surface area (Å²) in [6.45, 7) is 3.35. The van der Waals surface area contributed by atoms with E-state index in [0.29, 0.717) is 11.4 Å². The van der Waals surface area contributed by atoms with E-state index in [9.17, 15) is 0 Å². The smallest absolute Gasteiger partial charge is 0.0708 e. The zero-order chi connectivity index (χ0) is 7.56. The lowest BCUT2D eigenvalue weighted by Crippen LogP contribution is -2.39. The standard InChI is InChI=1S/C7H16N2S/c1-3-6(8)7-9(2)4-5-10-7/h6-7H,3-5,8H2,1-2H3. The zero-order valence-corrected chi connectivity index (χ0v) is 7.53. The molecule has 60 valence electrons. The number of likely N-dealkylation sites (N-methyl/N-ethyl adjacent to an activating group) is 1. The van der Waals surface area contributed by atoms with Crippen LogP contribution in [0.4, 0.5) is 0 Å². The van der Waals surface area contributed by atoms with Gasteiger partial charge in [-0.1, -0.05) is 6.92 Å². The lowest BCUT2D eigenvalue weighted by atomic mass is 10.2. The average molecular weight is 160 g/mol. The SMILES string of the molecule is CCC(N)C1SCCN1C. The van der Waals surface area contributed by atoms with Gasteiger partial charge in [-0.25, -0.2) is 0 Å². The first-order chi connectivity index (χ1) is 4.75. The van der Waals surface area contributed by atoms with E-state index >= 15 is 0 Å². The van der Waals surface area contributed by atoms with Crippen LogP contribution >= 0.6 is 11.8 Å². The highest BCUT2D eigenvalue weighted by atomic mass is 32.2. The predicted octanol–water partition coefficient (Wildman–Crippen LogP) is 0.728. The van der Waals surface area contributed by atoms with Crippen molar-refractivity contribution in [2.24, 2.45) is 5.73 Å². The maximum atomic E-state index is 5.91. The number of nitrogens with zero attached hydrogens (tertiary/aromatic N) is 1. The van der Waals surface area contributed by atoms with Crippen LogP contribution in [0.3, 0.4) is 0 Å². The topological polar surface area (TPSA) is 29.3 Å². The fourth-order valence-corrected chi connectivity index (χ4v) is 2.66. The van der Waals surface area contributed by atoms with E-state index in [1.54, 1.807) is 0 Å². The first-order valence-electron chi connectivity index (χ1n) is 3.83. The van der Waals surface area contributed by atoms with Crippen LogP contribution in [0.1, 0.15) is 13.3 Å². The fourth-order valence-electron chi connectivity index (χ4n) is 1.22. The molecule has 0 spiro atoms. The molecule has 1 heterocycles. The number of thioether (sulfide) groups is 1. The summed E-state index contributed by atoms with van der Waals surface area (Å²) in [7, 11) is 2.15. The molecule has 1 saturated heterocycles. The molecule has 0 amide bonds. The Balaban J connectivity index is 2.38. The normalized spacial score (nSPS) is 30.9. The second-order valence-electron chi connectivity index (χ2n) is 2.81. The van der Waals surface area contributed by atoms with Gasteiger partial charge in [0.2, 0.25) is 0 Å². The second-order valence-corrected chi connectivity index (χ2v) is 4.04. The van der Waals surface area contributed by atoms with Crippen molar-refractivity contribution < 1.29 is 0 Å². The van der Waals surface area contributed by atoms with E-state index in [2.05, 4.69) is 18.9 Å². The largest absolute Gasteiger partial charge is 0.326 e.